The van der Waals surface area contributed by atoms with E-state index >= 15 is 0 Å². The van der Waals surface area contributed by atoms with Gasteiger partial charge in [0.25, 0.3) is 0 Å². The molecular formula is C11H19NO2S. The van der Waals surface area contributed by atoms with E-state index in [-0.39, 0.29) is 12.2 Å². The van der Waals surface area contributed by atoms with Crippen LogP contribution in [-0.2, 0) is 9.47 Å². The predicted octanol–water partition coefficient (Wildman–Crippen LogP) is 2.19. The van der Waals surface area contributed by atoms with Gasteiger partial charge in [0.2, 0.25) is 0 Å². The lowest BCUT2D eigenvalue weighted by atomic mass is 10.2. The van der Waals surface area contributed by atoms with Gasteiger partial charge in [0.15, 0.2) is 0 Å². The number of hydrogen-bond acceptors (Lipinski definition) is 4. The van der Waals surface area contributed by atoms with Crippen LogP contribution in [0, 0.1) is 0 Å². The van der Waals surface area contributed by atoms with Crippen LogP contribution in [0.3, 0.4) is 0 Å². The summed E-state index contributed by atoms with van der Waals surface area (Å²) in [5.74, 6) is 0. The van der Waals surface area contributed by atoms with Gasteiger partial charge in [-0.1, -0.05) is 0 Å². The summed E-state index contributed by atoms with van der Waals surface area (Å²) in [6, 6.07) is 2.05. The minimum Gasteiger partial charge on any atom is -0.376 e. The molecule has 1 unspecified atom stereocenters. The molecule has 1 rings (SSSR count). The second-order valence-corrected chi connectivity index (χ2v) is 4.35. The highest BCUT2D eigenvalue weighted by Gasteiger charge is 2.09. The molecule has 2 N–H and O–H groups in total. The van der Waals surface area contributed by atoms with E-state index in [4.69, 9.17) is 15.2 Å². The van der Waals surface area contributed by atoms with E-state index in [1.54, 1.807) is 11.3 Å². The zero-order valence-electron chi connectivity index (χ0n) is 9.31. The molecule has 1 atom stereocenters. The van der Waals surface area contributed by atoms with Gasteiger partial charge in [-0.2, -0.15) is 11.3 Å². The van der Waals surface area contributed by atoms with Crippen LogP contribution in [0.5, 0.6) is 0 Å². The second-order valence-electron chi connectivity index (χ2n) is 3.57. The highest BCUT2D eigenvalue weighted by Crippen LogP contribution is 2.18. The molecule has 0 amide bonds. The Morgan fingerprint density at radius 2 is 2.07 bits per heavy atom. The summed E-state index contributed by atoms with van der Waals surface area (Å²) in [5.41, 5.74) is 6.80. The fourth-order valence-electron chi connectivity index (χ4n) is 1.23. The number of thiophene rings is 1. The smallest absolute Gasteiger partial charge is 0.0956 e. The van der Waals surface area contributed by atoms with Crippen molar-refractivity contribution in [3.05, 3.63) is 22.4 Å². The van der Waals surface area contributed by atoms with Crippen LogP contribution in [0.4, 0.5) is 0 Å². The Morgan fingerprint density at radius 1 is 1.33 bits per heavy atom. The maximum Gasteiger partial charge on any atom is 0.0956 e. The van der Waals surface area contributed by atoms with Crippen LogP contribution in [0.25, 0.3) is 0 Å². The number of nitrogens with two attached hydrogens (primary N) is 1. The van der Waals surface area contributed by atoms with Crippen LogP contribution in [0.2, 0.25) is 0 Å². The summed E-state index contributed by atoms with van der Waals surface area (Å²) in [7, 11) is 0. The van der Waals surface area contributed by atoms with Crippen molar-refractivity contribution in [2.75, 3.05) is 19.8 Å². The Bertz CT molecular complexity index is 249. The third kappa shape index (κ3) is 4.75. The van der Waals surface area contributed by atoms with E-state index < -0.39 is 0 Å². The monoisotopic (exact) mass is 229 g/mol. The third-order valence-electron chi connectivity index (χ3n) is 1.98. The molecule has 0 aliphatic carbocycles. The standard InChI is InChI=1S/C11H19NO2S/c1-9(2)13-4-5-14-11(7-12)10-3-6-15-8-10/h3,6,8-9,11H,4-5,7,12H2,1-2H3. The molecule has 4 heteroatoms. The Hall–Kier alpha value is -0.420. The lowest BCUT2D eigenvalue weighted by Crippen LogP contribution is -2.18. The van der Waals surface area contributed by atoms with Crippen molar-refractivity contribution >= 4 is 11.3 Å². The highest BCUT2D eigenvalue weighted by molar-refractivity contribution is 7.07. The van der Waals surface area contributed by atoms with Crippen molar-refractivity contribution in [2.24, 2.45) is 5.73 Å². The zero-order chi connectivity index (χ0) is 11.1. The Labute approximate surface area is 95.2 Å². The summed E-state index contributed by atoms with van der Waals surface area (Å²) < 4.78 is 11.0. The Balaban J connectivity index is 2.23. The van der Waals surface area contributed by atoms with Crippen molar-refractivity contribution in [1.29, 1.82) is 0 Å². The highest BCUT2D eigenvalue weighted by atomic mass is 32.1. The van der Waals surface area contributed by atoms with Crippen LogP contribution >= 0.6 is 11.3 Å². The van der Waals surface area contributed by atoms with E-state index in [0.29, 0.717) is 19.8 Å². The summed E-state index contributed by atoms with van der Waals surface area (Å²) in [4.78, 5) is 0. The maximum atomic E-state index is 5.64. The Kier molecular flexibility index (Phi) is 5.86. The molecular weight excluding hydrogens is 210 g/mol. The third-order valence-corrected chi connectivity index (χ3v) is 2.68. The maximum absolute atomic E-state index is 5.64. The first kappa shape index (κ1) is 12.6. The van der Waals surface area contributed by atoms with Crippen LogP contribution in [-0.4, -0.2) is 25.9 Å². The van der Waals surface area contributed by atoms with Crippen LogP contribution in [0.1, 0.15) is 25.5 Å². The van der Waals surface area contributed by atoms with Crippen LogP contribution < -0.4 is 5.73 Å². The first-order valence-corrected chi connectivity index (χ1v) is 6.13. The summed E-state index contributed by atoms with van der Waals surface area (Å²) in [6.45, 7) is 5.76. The lowest BCUT2D eigenvalue weighted by molar-refractivity contribution is -0.0103. The van der Waals surface area contributed by atoms with Gasteiger partial charge in [-0.3, -0.25) is 0 Å². The molecule has 1 aromatic heterocycles. The average Bonchev–Trinajstić information content (AvgIpc) is 2.70. The van der Waals surface area contributed by atoms with Gasteiger partial charge in [0.05, 0.1) is 25.4 Å². The van der Waals surface area contributed by atoms with Crippen LogP contribution in [0.15, 0.2) is 16.8 Å². The minimum absolute atomic E-state index is 0.00649. The largest absolute Gasteiger partial charge is 0.376 e. The SMILES string of the molecule is CC(C)OCCOC(CN)c1ccsc1. The van der Waals surface area contributed by atoms with Crippen molar-refractivity contribution < 1.29 is 9.47 Å². The average molecular weight is 229 g/mol. The first-order valence-electron chi connectivity index (χ1n) is 5.19. The molecule has 0 saturated carbocycles. The summed E-state index contributed by atoms with van der Waals surface area (Å²) in [5, 5.41) is 4.10. The minimum atomic E-state index is 0.00649. The molecule has 0 aliphatic rings. The zero-order valence-corrected chi connectivity index (χ0v) is 10.1. The van der Waals surface area contributed by atoms with Crippen molar-refractivity contribution in [1.82, 2.24) is 0 Å². The van der Waals surface area contributed by atoms with Gasteiger partial charge in [0, 0.05) is 6.54 Å². The summed E-state index contributed by atoms with van der Waals surface area (Å²) in [6.07, 6.45) is 0.262. The fourth-order valence-corrected chi connectivity index (χ4v) is 1.93. The number of hydrogen-bond donors (Lipinski definition) is 1. The van der Waals surface area contributed by atoms with Crippen molar-refractivity contribution in [2.45, 2.75) is 26.1 Å². The molecule has 86 valence electrons. The topological polar surface area (TPSA) is 44.5 Å². The second kappa shape index (κ2) is 6.95. The fraction of sp³-hybridized carbons (Fsp3) is 0.636. The molecule has 0 aliphatic heterocycles. The quantitative estimate of drug-likeness (QED) is 0.729. The van der Waals surface area contributed by atoms with Gasteiger partial charge < -0.3 is 15.2 Å². The number of rotatable bonds is 7. The molecule has 0 radical (unpaired) electrons. The van der Waals surface area contributed by atoms with E-state index in [1.807, 2.05) is 25.3 Å². The van der Waals surface area contributed by atoms with Gasteiger partial charge in [-0.15, -0.1) is 0 Å². The molecule has 15 heavy (non-hydrogen) atoms. The number of ether oxygens (including phenoxy) is 2. The molecule has 0 fully saturated rings. The normalized spacial score (nSPS) is 13.3. The van der Waals surface area contributed by atoms with Gasteiger partial charge >= 0.3 is 0 Å². The Morgan fingerprint density at radius 3 is 2.60 bits per heavy atom. The van der Waals surface area contributed by atoms with Gasteiger partial charge in [-0.05, 0) is 36.2 Å². The predicted molar refractivity (Wildman–Crippen MR) is 63.2 cm³/mol. The van der Waals surface area contributed by atoms with E-state index in [2.05, 4.69) is 5.38 Å². The molecule has 0 saturated heterocycles. The van der Waals surface area contributed by atoms with Crippen molar-refractivity contribution in [3.8, 4) is 0 Å². The molecule has 0 aromatic carbocycles. The molecule has 3 nitrogen and oxygen atoms in total. The van der Waals surface area contributed by atoms with E-state index in [1.165, 1.54) is 0 Å². The molecule has 0 spiro atoms. The first-order chi connectivity index (χ1) is 7.24. The molecule has 1 aromatic rings. The van der Waals surface area contributed by atoms with Gasteiger partial charge in [0.1, 0.15) is 0 Å². The van der Waals surface area contributed by atoms with E-state index in [0.717, 1.165) is 5.56 Å². The van der Waals surface area contributed by atoms with E-state index in [9.17, 15) is 0 Å². The lowest BCUT2D eigenvalue weighted by Gasteiger charge is -2.15. The summed E-state index contributed by atoms with van der Waals surface area (Å²) >= 11 is 1.66. The van der Waals surface area contributed by atoms with Crippen molar-refractivity contribution in [3.63, 3.8) is 0 Å². The van der Waals surface area contributed by atoms with Gasteiger partial charge in [-0.25, -0.2) is 0 Å². The molecule has 0 bridgehead atoms. The molecule has 1 heterocycles.